The number of halogens is 2. The summed E-state index contributed by atoms with van der Waals surface area (Å²) in [6.07, 6.45) is -2.22. The molecule has 0 bridgehead atoms. The van der Waals surface area contributed by atoms with Gasteiger partial charge in [0.25, 0.3) is 6.43 Å². The molecule has 0 saturated carbocycles. The number of Topliss-reactive ketones (excluding diaryl/α,β-unsaturated/α-hetero) is 1. The molecule has 1 heterocycles. The van der Waals surface area contributed by atoms with Crippen molar-refractivity contribution in [3.8, 4) is 0 Å². The van der Waals surface area contributed by atoms with Crippen molar-refractivity contribution >= 4 is 5.78 Å². The molecule has 112 valence electrons. The summed E-state index contributed by atoms with van der Waals surface area (Å²) in [6.45, 7) is -0.535. The number of hydrogen-bond donors (Lipinski definition) is 0. The fourth-order valence-corrected chi connectivity index (χ4v) is 1.66. The Morgan fingerprint density at radius 1 is 1.29 bits per heavy atom. The van der Waals surface area contributed by atoms with Crippen LogP contribution in [0.1, 0.15) is 22.1 Å². The van der Waals surface area contributed by atoms with Gasteiger partial charge in [-0.25, -0.2) is 8.78 Å². The number of aromatic nitrogens is 2. The summed E-state index contributed by atoms with van der Waals surface area (Å²) >= 11 is 0. The highest BCUT2D eigenvalue weighted by atomic mass is 19.3. The van der Waals surface area contributed by atoms with Crippen LogP contribution in [0.25, 0.3) is 0 Å². The highest BCUT2D eigenvalue weighted by molar-refractivity contribution is 5.96. The van der Waals surface area contributed by atoms with Gasteiger partial charge in [-0.3, -0.25) is 4.79 Å². The van der Waals surface area contributed by atoms with Crippen molar-refractivity contribution in [2.24, 2.45) is 0 Å². The van der Waals surface area contributed by atoms with E-state index in [1.807, 2.05) is 6.07 Å². The third kappa shape index (κ3) is 5.03. The van der Waals surface area contributed by atoms with Crippen molar-refractivity contribution in [1.29, 1.82) is 0 Å². The lowest BCUT2D eigenvalue weighted by molar-refractivity contribution is 0.0182. The minimum absolute atomic E-state index is 0.00883. The molecule has 0 aliphatic heterocycles. The Morgan fingerprint density at radius 2 is 2.05 bits per heavy atom. The number of ketones is 1. The van der Waals surface area contributed by atoms with Gasteiger partial charge in [0.05, 0.1) is 13.0 Å². The van der Waals surface area contributed by atoms with E-state index in [2.05, 4.69) is 10.1 Å². The number of ether oxygens (including phenoxy) is 1. The van der Waals surface area contributed by atoms with E-state index in [1.54, 1.807) is 24.3 Å². The number of carbonyl (C=O) groups is 1. The van der Waals surface area contributed by atoms with Crippen molar-refractivity contribution in [3.05, 3.63) is 47.6 Å². The van der Waals surface area contributed by atoms with Crippen molar-refractivity contribution in [1.82, 2.24) is 10.1 Å². The third-order valence-electron chi connectivity index (χ3n) is 2.63. The molecular weight excluding hydrogens is 282 g/mol. The van der Waals surface area contributed by atoms with E-state index < -0.39 is 13.0 Å². The smallest absolute Gasteiger partial charge is 0.261 e. The largest absolute Gasteiger partial charge is 0.375 e. The molecule has 2 rings (SSSR count). The van der Waals surface area contributed by atoms with Gasteiger partial charge in [0.1, 0.15) is 6.61 Å². The number of alkyl halides is 2. The Bertz CT molecular complexity index is 573. The van der Waals surface area contributed by atoms with Crippen LogP contribution in [0, 0.1) is 0 Å². The molecule has 7 heteroatoms. The van der Waals surface area contributed by atoms with E-state index in [0.29, 0.717) is 11.4 Å². The van der Waals surface area contributed by atoms with Gasteiger partial charge < -0.3 is 9.26 Å². The van der Waals surface area contributed by atoms with Gasteiger partial charge >= 0.3 is 0 Å². The van der Waals surface area contributed by atoms with E-state index in [1.165, 1.54) is 0 Å². The summed E-state index contributed by atoms with van der Waals surface area (Å²) in [7, 11) is 0. The Hall–Kier alpha value is -2.15. The topological polar surface area (TPSA) is 65.2 Å². The standard InChI is InChI=1S/C14H14F2N2O3/c15-12(16)9-20-7-6-13-17-14(21-18-13)8-11(19)10-4-2-1-3-5-10/h1-5,12H,6-9H2. The number of carbonyl (C=O) groups excluding carboxylic acids is 1. The van der Waals surface area contributed by atoms with Crippen LogP contribution in [0.15, 0.2) is 34.9 Å². The summed E-state index contributed by atoms with van der Waals surface area (Å²) in [4.78, 5) is 15.9. The first-order valence-corrected chi connectivity index (χ1v) is 6.41. The lowest BCUT2D eigenvalue weighted by Crippen LogP contribution is -2.08. The van der Waals surface area contributed by atoms with Crippen LogP contribution in [0.5, 0.6) is 0 Å². The monoisotopic (exact) mass is 296 g/mol. The van der Waals surface area contributed by atoms with Crippen molar-refractivity contribution in [3.63, 3.8) is 0 Å². The molecule has 0 radical (unpaired) electrons. The van der Waals surface area contributed by atoms with Gasteiger partial charge in [-0.1, -0.05) is 35.5 Å². The molecule has 5 nitrogen and oxygen atoms in total. The zero-order chi connectivity index (χ0) is 15.1. The molecule has 0 fully saturated rings. The van der Waals surface area contributed by atoms with Crippen molar-refractivity contribution in [2.75, 3.05) is 13.2 Å². The molecule has 0 aliphatic carbocycles. The second-order valence-corrected chi connectivity index (χ2v) is 4.29. The molecular formula is C14H14F2N2O3. The van der Waals surface area contributed by atoms with E-state index in [-0.39, 0.29) is 31.1 Å². The molecule has 0 N–H and O–H groups in total. The minimum atomic E-state index is -2.49. The first-order chi connectivity index (χ1) is 10.1. The van der Waals surface area contributed by atoms with Crippen LogP contribution in [0.3, 0.4) is 0 Å². The van der Waals surface area contributed by atoms with Crippen LogP contribution in [-0.4, -0.2) is 35.6 Å². The van der Waals surface area contributed by atoms with Crippen LogP contribution in [0.4, 0.5) is 8.78 Å². The fraction of sp³-hybridized carbons (Fsp3) is 0.357. The van der Waals surface area contributed by atoms with E-state index in [9.17, 15) is 13.6 Å². The first kappa shape index (κ1) is 15.2. The summed E-state index contributed by atoms with van der Waals surface area (Å²) in [5.41, 5.74) is 0.567. The molecule has 0 unspecified atom stereocenters. The number of nitrogens with zero attached hydrogens (tertiary/aromatic N) is 2. The van der Waals surface area contributed by atoms with Gasteiger partial charge in [0.15, 0.2) is 11.6 Å². The van der Waals surface area contributed by atoms with Crippen LogP contribution in [-0.2, 0) is 17.6 Å². The maximum atomic E-state index is 11.9. The SMILES string of the molecule is O=C(Cc1nc(CCOCC(F)F)no1)c1ccccc1. The Morgan fingerprint density at radius 3 is 2.76 bits per heavy atom. The maximum absolute atomic E-state index is 11.9. The summed E-state index contributed by atoms with van der Waals surface area (Å²) < 4.78 is 33.4. The van der Waals surface area contributed by atoms with Gasteiger partial charge in [-0.2, -0.15) is 4.98 Å². The molecule has 2 aromatic rings. The molecule has 0 atom stereocenters. The van der Waals surface area contributed by atoms with Crippen molar-refractivity contribution in [2.45, 2.75) is 19.3 Å². The Balaban J connectivity index is 1.81. The van der Waals surface area contributed by atoms with Crippen molar-refractivity contribution < 1.29 is 22.8 Å². The molecule has 0 amide bonds. The molecule has 21 heavy (non-hydrogen) atoms. The summed E-state index contributed by atoms with van der Waals surface area (Å²) in [5, 5.41) is 3.67. The number of benzene rings is 1. The second kappa shape index (κ2) is 7.58. The van der Waals surface area contributed by atoms with Gasteiger partial charge in [0, 0.05) is 12.0 Å². The molecule has 1 aromatic carbocycles. The van der Waals surface area contributed by atoms with Gasteiger partial charge in [0.2, 0.25) is 5.89 Å². The van der Waals surface area contributed by atoms with E-state index in [4.69, 9.17) is 9.26 Å². The predicted molar refractivity (Wildman–Crippen MR) is 69.3 cm³/mol. The summed E-state index contributed by atoms with van der Waals surface area (Å²) in [6, 6.07) is 8.77. The quantitative estimate of drug-likeness (QED) is 0.552. The number of hydrogen-bond acceptors (Lipinski definition) is 5. The fourth-order valence-electron chi connectivity index (χ4n) is 1.66. The van der Waals surface area contributed by atoms with Crippen LogP contribution >= 0.6 is 0 Å². The van der Waals surface area contributed by atoms with Crippen LogP contribution in [0.2, 0.25) is 0 Å². The zero-order valence-electron chi connectivity index (χ0n) is 11.2. The predicted octanol–water partition coefficient (Wildman–Crippen LogP) is 2.32. The zero-order valence-corrected chi connectivity index (χ0v) is 11.2. The highest BCUT2D eigenvalue weighted by Crippen LogP contribution is 2.06. The van der Waals surface area contributed by atoms with Gasteiger partial charge in [-0.15, -0.1) is 0 Å². The average molecular weight is 296 g/mol. The molecule has 0 aliphatic rings. The maximum Gasteiger partial charge on any atom is 0.261 e. The van der Waals surface area contributed by atoms with E-state index >= 15 is 0 Å². The molecule has 1 aromatic heterocycles. The Kier molecular flexibility index (Phi) is 5.51. The average Bonchev–Trinajstić information content (AvgIpc) is 2.92. The first-order valence-electron chi connectivity index (χ1n) is 6.41. The van der Waals surface area contributed by atoms with Gasteiger partial charge in [-0.05, 0) is 0 Å². The lowest BCUT2D eigenvalue weighted by atomic mass is 10.1. The molecule has 0 spiro atoms. The van der Waals surface area contributed by atoms with Crippen LogP contribution < -0.4 is 0 Å². The molecule has 0 saturated heterocycles. The normalized spacial score (nSPS) is 11.0. The number of rotatable bonds is 8. The Labute approximate surface area is 119 Å². The minimum Gasteiger partial charge on any atom is -0.375 e. The lowest BCUT2D eigenvalue weighted by Gasteiger charge is -1.99. The second-order valence-electron chi connectivity index (χ2n) is 4.29. The third-order valence-corrected chi connectivity index (χ3v) is 2.63. The van der Waals surface area contributed by atoms with E-state index in [0.717, 1.165) is 0 Å². The highest BCUT2D eigenvalue weighted by Gasteiger charge is 2.13. The summed E-state index contributed by atoms with van der Waals surface area (Å²) in [5.74, 6) is 0.410.